The van der Waals surface area contributed by atoms with Crippen LogP contribution >= 0.6 is 0 Å². The molecule has 2 heterocycles. The van der Waals surface area contributed by atoms with E-state index in [-0.39, 0.29) is 18.4 Å². The zero-order valence-corrected chi connectivity index (χ0v) is 20.2. The molecule has 7 nitrogen and oxygen atoms in total. The number of hydrogen-bond donors (Lipinski definition) is 1. The zero-order valence-electron chi connectivity index (χ0n) is 20.2. The number of carbonyl (C=O) groups excluding carboxylic acids is 3. The number of imide groups is 1. The van der Waals surface area contributed by atoms with Crippen molar-refractivity contribution in [3.8, 4) is 5.75 Å². The van der Waals surface area contributed by atoms with Gasteiger partial charge in [-0.05, 0) is 62.6 Å². The summed E-state index contributed by atoms with van der Waals surface area (Å²) in [5, 5.41) is 3.44. The van der Waals surface area contributed by atoms with Gasteiger partial charge in [0.05, 0.1) is 30.7 Å². The number of rotatable bonds is 8. The summed E-state index contributed by atoms with van der Waals surface area (Å²) in [7, 11) is 0. The van der Waals surface area contributed by atoms with Crippen molar-refractivity contribution < 1.29 is 23.9 Å². The molecule has 7 heteroatoms. The van der Waals surface area contributed by atoms with Gasteiger partial charge in [-0.2, -0.15) is 0 Å². The van der Waals surface area contributed by atoms with Crippen molar-refractivity contribution in [3.63, 3.8) is 0 Å². The third-order valence-corrected chi connectivity index (χ3v) is 6.87. The van der Waals surface area contributed by atoms with Crippen molar-refractivity contribution in [3.05, 3.63) is 59.7 Å². The molecule has 0 spiro atoms. The van der Waals surface area contributed by atoms with E-state index in [2.05, 4.69) is 5.32 Å². The normalized spacial score (nSPS) is 26.0. The fourth-order valence-corrected chi connectivity index (χ4v) is 5.49. The van der Waals surface area contributed by atoms with Crippen molar-refractivity contribution in [1.29, 1.82) is 0 Å². The Kier molecular flexibility index (Phi) is 6.75. The van der Waals surface area contributed by atoms with Crippen LogP contribution in [0, 0.1) is 18.8 Å². The van der Waals surface area contributed by atoms with Gasteiger partial charge in [0, 0.05) is 6.04 Å². The van der Waals surface area contributed by atoms with E-state index in [1.165, 1.54) is 4.90 Å². The molecule has 2 aromatic carbocycles. The SMILES string of the molecule is CCC[C@]1(C(=O)OCC)N[C@H](c2ccccc2C)[C@H]2C(=O)N(c3ccc(OCC)cc3)C(=O)[C@@H]21. The standard InChI is InChI=1S/C27H32N2O5/c1-5-16-27(26(32)34-7-3)22-21(23(28-27)20-11-9-8-10-17(20)4)24(30)29(25(22)31)18-12-14-19(15-13-18)33-6-2/h8-15,21-23,28H,5-7,16H2,1-4H3/t21-,22+,23+,27-/m0/s1. The topological polar surface area (TPSA) is 84.9 Å². The average Bonchev–Trinajstić information content (AvgIpc) is 3.30. The summed E-state index contributed by atoms with van der Waals surface area (Å²) in [4.78, 5) is 42.4. The first-order chi connectivity index (χ1) is 16.4. The predicted molar refractivity (Wildman–Crippen MR) is 128 cm³/mol. The van der Waals surface area contributed by atoms with Crippen LogP contribution in [-0.2, 0) is 19.1 Å². The molecule has 2 saturated heterocycles. The number of esters is 1. The Balaban J connectivity index is 1.83. The minimum atomic E-state index is -1.27. The minimum Gasteiger partial charge on any atom is -0.494 e. The first-order valence-corrected chi connectivity index (χ1v) is 12.0. The number of nitrogens with one attached hydrogen (secondary N) is 1. The van der Waals surface area contributed by atoms with Gasteiger partial charge in [-0.15, -0.1) is 0 Å². The maximum absolute atomic E-state index is 13.9. The monoisotopic (exact) mass is 464 g/mol. The molecule has 0 aliphatic carbocycles. The average molecular weight is 465 g/mol. The molecule has 2 amide bonds. The van der Waals surface area contributed by atoms with Gasteiger partial charge in [-0.25, -0.2) is 4.90 Å². The number of nitrogens with zero attached hydrogens (tertiary/aromatic N) is 1. The molecule has 2 fully saturated rings. The minimum absolute atomic E-state index is 0.198. The molecule has 0 aromatic heterocycles. The number of fused-ring (bicyclic) bond motifs is 1. The van der Waals surface area contributed by atoms with Gasteiger partial charge in [0.1, 0.15) is 11.3 Å². The second-order valence-electron chi connectivity index (χ2n) is 8.86. The van der Waals surface area contributed by atoms with Crippen LogP contribution in [0.2, 0.25) is 0 Å². The lowest BCUT2D eigenvalue weighted by molar-refractivity contribution is -0.155. The summed E-state index contributed by atoms with van der Waals surface area (Å²) in [5.74, 6) is -2.05. The van der Waals surface area contributed by atoms with E-state index in [1.54, 1.807) is 31.2 Å². The van der Waals surface area contributed by atoms with E-state index in [0.717, 1.165) is 11.1 Å². The number of ether oxygens (including phenoxy) is 2. The summed E-state index contributed by atoms with van der Waals surface area (Å²) in [6.07, 6.45) is 1.05. The van der Waals surface area contributed by atoms with Crippen LogP contribution in [0.3, 0.4) is 0 Å². The molecule has 2 aliphatic rings. The van der Waals surface area contributed by atoms with Crippen LogP contribution in [0.1, 0.15) is 50.8 Å². The highest BCUT2D eigenvalue weighted by molar-refractivity contribution is 6.24. The van der Waals surface area contributed by atoms with Crippen LogP contribution in [-0.4, -0.2) is 36.5 Å². The number of hydrogen-bond acceptors (Lipinski definition) is 6. The first kappa shape index (κ1) is 24.0. The molecule has 0 unspecified atom stereocenters. The van der Waals surface area contributed by atoms with Crippen LogP contribution < -0.4 is 15.0 Å². The maximum atomic E-state index is 13.9. The van der Waals surface area contributed by atoms with Crippen molar-refractivity contribution in [1.82, 2.24) is 5.32 Å². The van der Waals surface area contributed by atoms with E-state index in [4.69, 9.17) is 9.47 Å². The summed E-state index contributed by atoms with van der Waals surface area (Å²) in [6, 6.07) is 14.2. The van der Waals surface area contributed by atoms with Gasteiger partial charge in [0.15, 0.2) is 0 Å². The Hall–Kier alpha value is -3.19. The second kappa shape index (κ2) is 9.58. The molecular formula is C27H32N2O5. The second-order valence-corrected chi connectivity index (χ2v) is 8.86. The molecule has 2 aliphatic heterocycles. The van der Waals surface area contributed by atoms with Crippen molar-refractivity contribution in [2.24, 2.45) is 11.8 Å². The highest BCUT2D eigenvalue weighted by atomic mass is 16.5. The molecular weight excluding hydrogens is 432 g/mol. The Bertz CT molecular complexity index is 1080. The van der Waals surface area contributed by atoms with Gasteiger partial charge in [-0.3, -0.25) is 19.7 Å². The number of carbonyl (C=O) groups is 3. The molecule has 0 bridgehead atoms. The lowest BCUT2D eigenvalue weighted by Gasteiger charge is -2.32. The third kappa shape index (κ3) is 3.78. The van der Waals surface area contributed by atoms with E-state index in [9.17, 15) is 14.4 Å². The molecule has 4 rings (SSSR count). The van der Waals surface area contributed by atoms with Crippen LogP contribution in [0.25, 0.3) is 0 Å². The van der Waals surface area contributed by atoms with Gasteiger partial charge >= 0.3 is 5.97 Å². The van der Waals surface area contributed by atoms with Gasteiger partial charge in [-0.1, -0.05) is 37.6 Å². The Morgan fingerprint density at radius 2 is 1.71 bits per heavy atom. The quantitative estimate of drug-likeness (QED) is 0.470. The Morgan fingerprint density at radius 1 is 1.00 bits per heavy atom. The number of aryl methyl sites for hydroxylation is 1. The van der Waals surface area contributed by atoms with Gasteiger partial charge in [0.2, 0.25) is 11.8 Å². The summed E-state index contributed by atoms with van der Waals surface area (Å²) in [5.41, 5.74) is 1.12. The highest BCUT2D eigenvalue weighted by Crippen LogP contribution is 2.52. The first-order valence-electron chi connectivity index (χ1n) is 12.0. The van der Waals surface area contributed by atoms with Crippen molar-refractivity contribution >= 4 is 23.5 Å². The van der Waals surface area contributed by atoms with E-state index < -0.39 is 29.4 Å². The van der Waals surface area contributed by atoms with E-state index >= 15 is 0 Å². The maximum Gasteiger partial charge on any atom is 0.327 e. The molecule has 0 radical (unpaired) electrons. The van der Waals surface area contributed by atoms with Gasteiger partial charge in [0.25, 0.3) is 0 Å². The number of benzene rings is 2. The molecule has 1 N–H and O–H groups in total. The largest absolute Gasteiger partial charge is 0.494 e. The zero-order chi connectivity index (χ0) is 24.5. The predicted octanol–water partition coefficient (Wildman–Crippen LogP) is 3.95. The fourth-order valence-electron chi connectivity index (χ4n) is 5.49. The van der Waals surface area contributed by atoms with Crippen LogP contribution in [0.4, 0.5) is 5.69 Å². The number of amides is 2. The van der Waals surface area contributed by atoms with Gasteiger partial charge < -0.3 is 9.47 Å². The summed E-state index contributed by atoms with van der Waals surface area (Å²) < 4.78 is 11.0. The molecule has 180 valence electrons. The Morgan fingerprint density at radius 3 is 2.32 bits per heavy atom. The highest BCUT2D eigenvalue weighted by Gasteiger charge is 2.68. The van der Waals surface area contributed by atoms with E-state index in [0.29, 0.717) is 30.9 Å². The van der Waals surface area contributed by atoms with Crippen LogP contribution in [0.5, 0.6) is 5.75 Å². The molecule has 34 heavy (non-hydrogen) atoms. The summed E-state index contributed by atoms with van der Waals surface area (Å²) in [6.45, 7) is 8.30. The smallest absolute Gasteiger partial charge is 0.327 e. The lowest BCUT2D eigenvalue weighted by atomic mass is 9.76. The molecule has 2 aromatic rings. The third-order valence-electron chi connectivity index (χ3n) is 6.87. The lowest BCUT2D eigenvalue weighted by Crippen LogP contribution is -2.56. The van der Waals surface area contributed by atoms with Crippen molar-refractivity contribution in [2.45, 2.75) is 52.1 Å². The van der Waals surface area contributed by atoms with E-state index in [1.807, 2.05) is 45.0 Å². The fraction of sp³-hybridized carbons (Fsp3) is 0.444. The number of anilines is 1. The molecule has 4 atom stereocenters. The summed E-state index contributed by atoms with van der Waals surface area (Å²) >= 11 is 0. The van der Waals surface area contributed by atoms with Crippen LogP contribution in [0.15, 0.2) is 48.5 Å². The molecule has 0 saturated carbocycles. The van der Waals surface area contributed by atoms with Crippen molar-refractivity contribution in [2.75, 3.05) is 18.1 Å². The Labute approximate surface area is 200 Å².